The fourth-order valence-electron chi connectivity index (χ4n) is 3.02. The van der Waals surface area contributed by atoms with Crippen molar-refractivity contribution in [3.8, 4) is 0 Å². The van der Waals surface area contributed by atoms with Crippen molar-refractivity contribution in [2.24, 2.45) is 0 Å². The van der Waals surface area contributed by atoms with Crippen LogP contribution < -0.4 is 5.56 Å². The van der Waals surface area contributed by atoms with Gasteiger partial charge in [-0.15, -0.1) is 17.9 Å². The summed E-state index contributed by atoms with van der Waals surface area (Å²) in [4.78, 5) is 19.5. The maximum atomic E-state index is 13.1. The van der Waals surface area contributed by atoms with E-state index < -0.39 is 10.8 Å². The molecule has 0 N–H and O–H groups in total. The van der Waals surface area contributed by atoms with Crippen LogP contribution in [-0.4, -0.2) is 25.3 Å². The van der Waals surface area contributed by atoms with E-state index >= 15 is 0 Å². The molecule has 1 fully saturated rings. The van der Waals surface area contributed by atoms with E-state index in [9.17, 15) is 9.00 Å². The number of aromatic nitrogens is 2. The Balaban J connectivity index is 1.57. The normalized spacial score (nSPS) is 15.1. The van der Waals surface area contributed by atoms with Crippen molar-refractivity contribution in [2.45, 2.75) is 35.4 Å². The average Bonchev–Trinajstić information content (AvgIpc) is 3.44. The zero-order valence-electron chi connectivity index (χ0n) is 14.8. The van der Waals surface area contributed by atoms with Crippen molar-refractivity contribution in [2.75, 3.05) is 11.5 Å². The summed E-state index contributed by atoms with van der Waals surface area (Å²) >= 11 is 3.04. The third-order valence-electron chi connectivity index (χ3n) is 4.52. The molecule has 1 aliphatic carbocycles. The van der Waals surface area contributed by atoms with Crippen LogP contribution >= 0.6 is 23.1 Å². The van der Waals surface area contributed by atoms with E-state index in [0.717, 1.165) is 33.5 Å². The minimum Gasteiger partial charge on any atom is -0.283 e. The number of rotatable bonds is 8. The van der Waals surface area contributed by atoms with Crippen LogP contribution in [0.4, 0.5) is 0 Å². The summed E-state index contributed by atoms with van der Waals surface area (Å²) in [6.07, 6.45) is 4.05. The first-order chi connectivity index (χ1) is 13.2. The van der Waals surface area contributed by atoms with Crippen molar-refractivity contribution in [3.05, 3.63) is 64.3 Å². The van der Waals surface area contributed by atoms with E-state index in [1.54, 1.807) is 22.0 Å². The molecule has 2 heterocycles. The molecule has 1 saturated carbocycles. The first-order valence-electron chi connectivity index (χ1n) is 8.88. The smallest absolute Gasteiger partial charge is 0.263 e. The van der Waals surface area contributed by atoms with Gasteiger partial charge in [0.2, 0.25) is 0 Å². The summed E-state index contributed by atoms with van der Waals surface area (Å²) in [5.41, 5.74) is 1.18. The Hall–Kier alpha value is -1.70. The quantitative estimate of drug-likeness (QED) is 0.310. The predicted molar refractivity (Wildman–Crippen MR) is 114 cm³/mol. The molecule has 27 heavy (non-hydrogen) atoms. The van der Waals surface area contributed by atoms with Gasteiger partial charge in [0.1, 0.15) is 4.83 Å². The Morgan fingerprint density at radius 2 is 2.11 bits per heavy atom. The lowest BCUT2D eigenvalue weighted by Crippen LogP contribution is -2.23. The molecule has 0 spiro atoms. The van der Waals surface area contributed by atoms with Gasteiger partial charge < -0.3 is 0 Å². The van der Waals surface area contributed by atoms with E-state index in [1.807, 2.05) is 30.3 Å². The SMILES string of the molecule is C=CCn1c(SCC[S@](=O)c2ccccc2)nc2scc(C3CC3)c2c1=O. The number of thiophene rings is 1. The highest BCUT2D eigenvalue weighted by molar-refractivity contribution is 8.00. The van der Waals surface area contributed by atoms with Gasteiger partial charge in [-0.1, -0.05) is 36.0 Å². The van der Waals surface area contributed by atoms with Gasteiger partial charge >= 0.3 is 0 Å². The van der Waals surface area contributed by atoms with Gasteiger partial charge in [0, 0.05) is 22.9 Å². The first kappa shape index (κ1) is 18.7. The number of allylic oxidation sites excluding steroid dienone is 1. The number of thioether (sulfide) groups is 1. The lowest BCUT2D eigenvalue weighted by atomic mass is 10.1. The minimum atomic E-state index is -1.05. The highest BCUT2D eigenvalue weighted by Gasteiger charge is 2.28. The third-order valence-corrected chi connectivity index (χ3v) is 8.02. The highest BCUT2D eigenvalue weighted by atomic mass is 32.2. The second kappa shape index (κ2) is 8.12. The van der Waals surface area contributed by atoms with E-state index in [4.69, 9.17) is 4.98 Å². The third kappa shape index (κ3) is 3.95. The largest absolute Gasteiger partial charge is 0.283 e. The summed E-state index contributed by atoms with van der Waals surface area (Å²) in [5.74, 6) is 1.68. The van der Waals surface area contributed by atoms with Gasteiger partial charge in [0.15, 0.2) is 5.16 Å². The van der Waals surface area contributed by atoms with Crippen molar-refractivity contribution in [1.29, 1.82) is 0 Å². The Kier molecular flexibility index (Phi) is 5.61. The molecule has 7 heteroatoms. The standard InChI is InChI=1S/C20H20N2O2S3/c1-2-10-22-19(23)17-16(14-8-9-14)13-26-18(17)21-20(22)25-11-12-27(24)15-6-4-3-5-7-15/h2-7,13-14H,1,8-12H2/t27-/m0/s1. The second-order valence-corrected chi connectivity index (χ2v) is 9.95. The lowest BCUT2D eigenvalue weighted by Gasteiger charge is -2.10. The fourth-order valence-corrected chi connectivity index (χ4v) is 6.38. The van der Waals surface area contributed by atoms with Crippen LogP contribution in [0.5, 0.6) is 0 Å². The molecular formula is C20H20N2O2S3. The topological polar surface area (TPSA) is 52.0 Å². The number of fused-ring (bicyclic) bond motifs is 1. The van der Waals surface area contributed by atoms with Crippen LogP contribution in [-0.2, 0) is 17.3 Å². The van der Waals surface area contributed by atoms with Crippen LogP contribution in [0.2, 0.25) is 0 Å². The Bertz CT molecular complexity index is 1050. The molecule has 0 aliphatic heterocycles. The zero-order chi connectivity index (χ0) is 18.8. The number of nitrogens with zero attached hydrogens (tertiary/aromatic N) is 2. The van der Waals surface area contributed by atoms with Gasteiger partial charge in [0.05, 0.1) is 16.2 Å². The molecular weight excluding hydrogens is 396 g/mol. The lowest BCUT2D eigenvalue weighted by molar-refractivity contribution is 0.672. The van der Waals surface area contributed by atoms with Crippen LogP contribution in [0, 0.1) is 0 Å². The van der Waals surface area contributed by atoms with Crippen molar-refractivity contribution < 1.29 is 4.21 Å². The summed E-state index contributed by atoms with van der Waals surface area (Å²) in [7, 11) is -1.05. The Labute approximate surface area is 168 Å². The summed E-state index contributed by atoms with van der Waals surface area (Å²) < 4.78 is 14.1. The number of hydrogen-bond acceptors (Lipinski definition) is 5. The molecule has 0 radical (unpaired) electrons. The molecule has 0 saturated heterocycles. The second-order valence-electron chi connectivity index (χ2n) is 6.46. The maximum Gasteiger partial charge on any atom is 0.263 e. The van der Waals surface area contributed by atoms with Crippen molar-refractivity contribution in [1.82, 2.24) is 9.55 Å². The maximum absolute atomic E-state index is 13.1. The van der Waals surface area contributed by atoms with E-state index in [2.05, 4.69) is 12.0 Å². The molecule has 140 valence electrons. The van der Waals surface area contributed by atoms with Gasteiger partial charge in [-0.05, 0) is 41.8 Å². The molecule has 1 aromatic carbocycles. The molecule has 1 atom stereocenters. The molecule has 2 aromatic heterocycles. The number of benzene rings is 1. The zero-order valence-corrected chi connectivity index (χ0v) is 17.2. The summed E-state index contributed by atoms with van der Waals surface area (Å²) in [6, 6.07) is 9.46. The first-order valence-corrected chi connectivity index (χ1v) is 12.1. The van der Waals surface area contributed by atoms with E-state index in [-0.39, 0.29) is 5.56 Å². The van der Waals surface area contributed by atoms with Gasteiger partial charge in [-0.25, -0.2) is 4.98 Å². The molecule has 0 unspecified atom stereocenters. The van der Waals surface area contributed by atoms with Crippen LogP contribution in [0.25, 0.3) is 10.2 Å². The number of hydrogen-bond donors (Lipinski definition) is 0. The fraction of sp³-hybridized carbons (Fsp3) is 0.300. The van der Waals surface area contributed by atoms with Gasteiger partial charge in [-0.2, -0.15) is 0 Å². The van der Waals surface area contributed by atoms with Gasteiger partial charge in [0.25, 0.3) is 5.56 Å². The molecule has 4 nitrogen and oxygen atoms in total. The van der Waals surface area contributed by atoms with Crippen LogP contribution in [0.3, 0.4) is 0 Å². The van der Waals surface area contributed by atoms with Gasteiger partial charge in [-0.3, -0.25) is 13.6 Å². The van der Waals surface area contributed by atoms with Crippen LogP contribution in [0.15, 0.2) is 63.2 Å². The summed E-state index contributed by atoms with van der Waals surface area (Å²) in [5, 5.41) is 3.55. The monoisotopic (exact) mass is 416 g/mol. The molecule has 0 bridgehead atoms. The summed E-state index contributed by atoms with van der Waals surface area (Å²) in [6.45, 7) is 4.22. The van der Waals surface area contributed by atoms with E-state index in [0.29, 0.717) is 29.1 Å². The average molecular weight is 417 g/mol. The molecule has 3 aromatic rings. The minimum absolute atomic E-state index is 0.0229. The Morgan fingerprint density at radius 3 is 2.81 bits per heavy atom. The van der Waals surface area contributed by atoms with E-state index in [1.165, 1.54) is 11.8 Å². The predicted octanol–water partition coefficient (Wildman–Crippen LogP) is 4.42. The highest BCUT2D eigenvalue weighted by Crippen LogP contribution is 2.44. The molecule has 4 rings (SSSR count). The van der Waals surface area contributed by atoms with Crippen molar-refractivity contribution in [3.63, 3.8) is 0 Å². The molecule has 1 aliphatic rings. The Morgan fingerprint density at radius 1 is 1.33 bits per heavy atom. The van der Waals surface area contributed by atoms with Crippen molar-refractivity contribution >= 4 is 44.1 Å². The molecule has 0 amide bonds. The van der Waals surface area contributed by atoms with Crippen LogP contribution in [0.1, 0.15) is 24.3 Å².